The van der Waals surface area contributed by atoms with Crippen molar-refractivity contribution < 1.29 is 59.9 Å². The molecule has 2 aromatic heterocycles. The van der Waals surface area contributed by atoms with Gasteiger partial charge in [0, 0.05) is 54.3 Å². The molecule has 14 N–H and O–H groups in total. The van der Waals surface area contributed by atoms with Gasteiger partial charge in [0.1, 0.15) is 30.4 Å². The lowest BCUT2D eigenvalue weighted by atomic mass is 9.26. The number of carbonyl (C=O) groups excluding carboxylic acids is 1. The van der Waals surface area contributed by atoms with Gasteiger partial charge in [-0.1, -0.05) is 70.4 Å². The van der Waals surface area contributed by atoms with E-state index in [0.29, 0.717) is 70.8 Å². The van der Waals surface area contributed by atoms with Gasteiger partial charge < -0.3 is 76.7 Å². The molecule has 2 saturated heterocycles. The number of H-pyrrole nitrogens is 2. The molecule has 13 rings (SSSR count). The van der Waals surface area contributed by atoms with Crippen LogP contribution in [0.2, 0.25) is 0 Å². The first-order valence-corrected chi connectivity index (χ1v) is 30.9. The molecule has 0 bridgehead atoms. The average molecular weight is 1120 g/mol. The molecule has 0 aromatic carbocycles. The first-order chi connectivity index (χ1) is 38.7. The highest BCUT2D eigenvalue weighted by molar-refractivity contribution is 5.87. The minimum atomic E-state index is -1.67. The van der Waals surface area contributed by atoms with Gasteiger partial charge in [-0.2, -0.15) is 0 Å². The number of amides is 1. The predicted octanol–water partition coefficient (Wildman–Crippen LogP) is 3.95. The number of carbonyl (C=O) groups is 2. The Morgan fingerprint density at radius 2 is 1.69 bits per heavy atom. The third kappa shape index (κ3) is 7.61. The van der Waals surface area contributed by atoms with E-state index in [1.165, 1.54) is 0 Å². The molecule has 25 atom stereocenters. The highest BCUT2D eigenvalue weighted by Gasteiger charge is 2.80. The van der Waals surface area contributed by atoms with Crippen LogP contribution in [0.3, 0.4) is 0 Å². The van der Waals surface area contributed by atoms with Gasteiger partial charge in [-0.05, 0) is 152 Å². The van der Waals surface area contributed by atoms with E-state index in [4.69, 9.17) is 20.2 Å². The van der Waals surface area contributed by atoms with E-state index in [-0.39, 0.29) is 67.0 Å². The van der Waals surface area contributed by atoms with E-state index in [1.807, 2.05) is 6.92 Å². The van der Waals surface area contributed by atoms with Crippen molar-refractivity contribution in [2.45, 2.75) is 185 Å². The number of aliphatic hydroxyl groups excluding tert-OH is 7. The van der Waals surface area contributed by atoms with Crippen molar-refractivity contribution in [1.29, 1.82) is 0 Å². The van der Waals surface area contributed by atoms with E-state index >= 15 is 4.79 Å². The number of nitrogens with one attached hydrogen (secondary N) is 4. The zero-order chi connectivity index (χ0) is 57.0. The summed E-state index contributed by atoms with van der Waals surface area (Å²) >= 11 is 0. The molecule has 6 saturated carbocycles. The summed E-state index contributed by atoms with van der Waals surface area (Å²) in [4.78, 5) is 46.6. The standard InChI is InChI=1S/C62H89N7O12/c1-56(27-70)18-19-61(55(78)79)39(23-56)35-20-31-11-12-32-10-7-16-60(32)37(46(69-54(60)77)34(13-14-45(63)73)42-25-64-29-66-42)21-38-47(74)51(81-53-49(76)48(75)43(72)26-80-53)57(2,28-71)44-15-17-58(3,50(31)62(38,44)33-8-5-6-9-33)59(35,4)36-22-41-52(68-30-67-41)65-24-40(36)61/h20,25,29-34,36-40,43-51,53,65,70-76H,5-10,13-19,21-24,26-28,63H2,1-4H3,(H,64,66)(H,67,68)(H,69,77)(H,78,79)/t31-,32-,34+,36-,37+,38-,39-,40+,43+,44+,45-,46+,47+,48-,49+,50-,51+,53-,56-,57-,58+,59-,60+,61+,62-/m0/s1. The van der Waals surface area contributed by atoms with E-state index in [0.717, 1.165) is 54.9 Å². The smallest absolute Gasteiger partial charge is 0.310 e. The number of nitrogens with zero attached hydrogens (tertiary/aromatic N) is 2. The van der Waals surface area contributed by atoms with Crippen LogP contribution in [-0.4, -0.2) is 148 Å². The number of nitrogens with two attached hydrogens (primary N) is 1. The molecule has 81 heavy (non-hydrogen) atoms. The fraction of sp³-hybridized carbons (Fsp3) is 0.806. The van der Waals surface area contributed by atoms with E-state index in [9.17, 15) is 45.6 Å². The lowest BCUT2D eigenvalue weighted by Crippen LogP contribution is -2.77. The normalized spacial score (nSPS) is 49.5. The van der Waals surface area contributed by atoms with E-state index in [1.54, 1.807) is 18.9 Å². The molecule has 1 amide bonds. The second-order valence-electron chi connectivity index (χ2n) is 28.9. The molecule has 0 radical (unpaired) electrons. The summed E-state index contributed by atoms with van der Waals surface area (Å²) in [5.74, 6) is 3.97. The molecule has 1 spiro atoms. The third-order valence-electron chi connectivity index (χ3n) is 25.9. The molecular weight excluding hydrogens is 1030 g/mol. The van der Waals surface area contributed by atoms with Crippen molar-refractivity contribution in [1.82, 2.24) is 25.3 Å². The number of rotatable bonds is 11. The van der Waals surface area contributed by atoms with Gasteiger partial charge in [-0.3, -0.25) is 9.59 Å². The number of ether oxygens (including phenoxy) is 2. The van der Waals surface area contributed by atoms with Crippen molar-refractivity contribution in [3.05, 3.63) is 41.9 Å². The van der Waals surface area contributed by atoms with Crippen molar-refractivity contribution in [3.8, 4) is 11.8 Å². The number of aliphatic carboxylic acids is 1. The Balaban J connectivity index is 1.10. The number of aliphatic hydroxyl groups is 7. The number of imidazole rings is 2. The van der Waals surface area contributed by atoms with Gasteiger partial charge in [0.05, 0.1) is 54.6 Å². The van der Waals surface area contributed by atoms with Crippen molar-refractivity contribution in [2.75, 3.05) is 31.7 Å². The van der Waals surface area contributed by atoms with Gasteiger partial charge in [-0.25, -0.2) is 9.97 Å². The lowest BCUT2D eigenvalue weighted by Gasteiger charge is -2.78. The monoisotopic (exact) mass is 1120 g/mol. The molecule has 19 nitrogen and oxygen atoms in total. The van der Waals surface area contributed by atoms with Crippen molar-refractivity contribution in [2.24, 2.45) is 103 Å². The van der Waals surface area contributed by atoms with Gasteiger partial charge in [-0.15, -0.1) is 0 Å². The zero-order valence-electron chi connectivity index (χ0n) is 47.6. The zero-order valence-corrected chi connectivity index (χ0v) is 47.6. The summed E-state index contributed by atoms with van der Waals surface area (Å²) in [7, 11) is 0. The summed E-state index contributed by atoms with van der Waals surface area (Å²) in [6.07, 6.45) is 7.78. The van der Waals surface area contributed by atoms with Crippen molar-refractivity contribution >= 4 is 17.7 Å². The van der Waals surface area contributed by atoms with Gasteiger partial charge in [0.15, 0.2) is 6.29 Å². The Bertz CT molecular complexity index is 2830. The maximum absolute atomic E-state index is 15.7. The second kappa shape index (κ2) is 19.8. The largest absolute Gasteiger partial charge is 0.481 e. The Kier molecular flexibility index (Phi) is 13.7. The summed E-state index contributed by atoms with van der Waals surface area (Å²) in [6, 6.07) is -0.505. The second-order valence-corrected chi connectivity index (χ2v) is 28.9. The third-order valence-corrected chi connectivity index (χ3v) is 25.9. The van der Waals surface area contributed by atoms with Crippen LogP contribution in [0, 0.1) is 109 Å². The average Bonchev–Trinajstić information content (AvgIpc) is 1.21. The number of carboxylic acid groups (broad SMARTS) is 1. The summed E-state index contributed by atoms with van der Waals surface area (Å²) in [6.45, 7) is 8.65. The molecule has 8 aliphatic carbocycles. The molecule has 0 unspecified atom stereocenters. The Morgan fingerprint density at radius 1 is 0.901 bits per heavy atom. The fourth-order valence-electron chi connectivity index (χ4n) is 22.2. The number of hydrogen-bond donors (Lipinski definition) is 13. The molecule has 5 heterocycles. The lowest BCUT2D eigenvalue weighted by molar-refractivity contribution is -0.352. The van der Waals surface area contributed by atoms with Crippen LogP contribution in [0.1, 0.15) is 141 Å². The van der Waals surface area contributed by atoms with Crippen LogP contribution < -0.4 is 16.4 Å². The van der Waals surface area contributed by atoms with Crippen LogP contribution in [-0.2, 0) is 25.5 Å². The Labute approximate surface area is 474 Å². The fourth-order valence-corrected chi connectivity index (χ4v) is 22.2. The van der Waals surface area contributed by atoms with Gasteiger partial charge in [0.2, 0.25) is 5.91 Å². The van der Waals surface area contributed by atoms with E-state index < -0.39 is 123 Å². The molecule has 2 aromatic rings. The molecule has 11 aliphatic rings. The maximum Gasteiger partial charge on any atom is 0.310 e. The topological polar surface area (TPSA) is 322 Å². The summed E-state index contributed by atoms with van der Waals surface area (Å²) in [5.41, 5.74) is 2.89. The molecular formula is C62H89N7O12. The minimum Gasteiger partial charge on any atom is -0.481 e. The molecule has 19 heteroatoms. The highest BCUT2D eigenvalue weighted by Crippen LogP contribution is 2.82. The number of fused-ring (bicyclic) bond motifs is 8. The number of hydrogen-bond acceptors (Lipinski definition) is 15. The number of carboxylic acids is 1. The van der Waals surface area contributed by atoms with Gasteiger partial charge in [0.25, 0.3) is 0 Å². The predicted molar refractivity (Wildman–Crippen MR) is 294 cm³/mol. The van der Waals surface area contributed by atoms with Crippen LogP contribution in [0.5, 0.6) is 0 Å². The van der Waals surface area contributed by atoms with Crippen LogP contribution in [0.4, 0.5) is 5.82 Å². The Morgan fingerprint density at radius 3 is 2.41 bits per heavy atom. The van der Waals surface area contributed by atoms with Crippen LogP contribution in [0.25, 0.3) is 0 Å². The minimum absolute atomic E-state index is 0.00358. The van der Waals surface area contributed by atoms with E-state index in [2.05, 4.69) is 64.3 Å². The molecule has 8 fully saturated rings. The Hall–Kier alpha value is -3.94. The van der Waals surface area contributed by atoms with Crippen LogP contribution >= 0.6 is 0 Å². The highest BCUT2D eigenvalue weighted by atomic mass is 16.7. The first-order valence-electron chi connectivity index (χ1n) is 30.9. The SMILES string of the molecule is C[C@]1(CO)CC[C@]2(C(=O)O)[C@@H]3CNc4nc[nH]c4C[C@@H]3[C@]3(C)C(=C[C@@H]4C#C[C@@H]5CCC[C@@]56C(=O)N[C@H]([C@H](CC[C@@H](N)O)c5cnc[nH]5)[C@H]6C[C@H]5[C@@H](O)[C@@H](O[C@@H]6OC[C@@H](O)[C@H](O)[C@H]6O)[C@@](C)(CO)[C@H]6CC[C@]3(C)[C@H]4[C@]65C3CCCC3)[C@@H]2C1. The first kappa shape index (κ1) is 56.2. The number of aromatic amines is 2. The molecule has 444 valence electrons. The molecule has 3 aliphatic heterocycles. The summed E-state index contributed by atoms with van der Waals surface area (Å²) in [5, 5.41) is 102. The number of allylic oxidation sites excluding steroid dienone is 2. The summed E-state index contributed by atoms with van der Waals surface area (Å²) < 4.78 is 13.0. The number of aromatic nitrogens is 4. The van der Waals surface area contributed by atoms with Crippen LogP contribution in [0.15, 0.2) is 30.5 Å². The van der Waals surface area contributed by atoms with Crippen molar-refractivity contribution in [3.63, 3.8) is 0 Å². The van der Waals surface area contributed by atoms with Gasteiger partial charge >= 0.3 is 5.97 Å². The quantitative estimate of drug-likeness (QED) is 0.0656. The maximum atomic E-state index is 15.7. The number of anilines is 1.